The number of rotatable bonds is 6. The molecule has 6 heteroatoms. The van der Waals surface area contributed by atoms with Gasteiger partial charge in [-0.2, -0.15) is 6.08 Å². The normalized spacial score (nSPS) is 12.6. The molecule has 2 aromatic carbocycles. The van der Waals surface area contributed by atoms with E-state index in [1.165, 1.54) is 22.3 Å². The maximum absolute atomic E-state index is 4.76. The molecule has 1 aliphatic rings. The molecule has 0 N–H and O–H groups in total. The van der Waals surface area contributed by atoms with Gasteiger partial charge in [-0.1, -0.05) is 42.5 Å². The molecule has 1 aliphatic heterocycles. The van der Waals surface area contributed by atoms with Crippen LogP contribution in [-0.4, -0.2) is 33.9 Å². The first-order valence-corrected chi connectivity index (χ1v) is 13.8. The summed E-state index contributed by atoms with van der Waals surface area (Å²) in [6, 6.07) is 15.7. The summed E-state index contributed by atoms with van der Waals surface area (Å²) in [5.74, 6) is 0. The van der Waals surface area contributed by atoms with Gasteiger partial charge in [-0.25, -0.2) is 0 Å². The van der Waals surface area contributed by atoms with Crippen LogP contribution in [0.15, 0.2) is 60.3 Å². The van der Waals surface area contributed by atoms with Crippen LogP contribution in [0.3, 0.4) is 0 Å². The first-order valence-electron chi connectivity index (χ1n) is 10.8. The van der Waals surface area contributed by atoms with Crippen molar-refractivity contribution in [3.05, 3.63) is 101 Å². The first kappa shape index (κ1) is 27.9. The fourth-order valence-electron chi connectivity index (χ4n) is 4.25. The van der Waals surface area contributed by atoms with Crippen LogP contribution in [-0.2, 0) is 13.1 Å². The van der Waals surface area contributed by atoms with Crippen LogP contribution in [0.25, 0.3) is 0 Å². The Bertz CT molecular complexity index is 1110. The van der Waals surface area contributed by atoms with Crippen molar-refractivity contribution in [2.24, 2.45) is 0 Å². The van der Waals surface area contributed by atoms with Crippen molar-refractivity contribution in [3.63, 3.8) is 0 Å². The van der Waals surface area contributed by atoms with Crippen LogP contribution in [0, 0.1) is 45.8 Å². The van der Waals surface area contributed by atoms with Gasteiger partial charge in [0.25, 0.3) is 0 Å². The molecule has 0 saturated heterocycles. The summed E-state index contributed by atoms with van der Waals surface area (Å²) in [5.41, 5.74) is 8.04. The van der Waals surface area contributed by atoms with Gasteiger partial charge in [0.2, 0.25) is 0 Å². The van der Waals surface area contributed by atoms with Crippen LogP contribution in [0.5, 0.6) is 0 Å². The van der Waals surface area contributed by atoms with Gasteiger partial charge in [-0.05, 0) is 63.8 Å². The minimum atomic E-state index is 0.194. The molecule has 0 bridgehead atoms. The van der Waals surface area contributed by atoms with E-state index in [0.717, 1.165) is 35.2 Å². The molecule has 1 heterocycles. The van der Waals surface area contributed by atoms with E-state index < -0.39 is 0 Å². The van der Waals surface area contributed by atoms with Gasteiger partial charge in [0, 0.05) is 6.72 Å². The Morgan fingerprint density at radius 1 is 0.853 bits per heavy atom. The second kappa shape index (κ2) is 12.4. The minimum absolute atomic E-state index is 0.194. The summed E-state index contributed by atoms with van der Waals surface area (Å²) in [6.07, 6.45) is 6.23. The summed E-state index contributed by atoms with van der Waals surface area (Å²) in [4.78, 5) is 0. The topological polar surface area (TPSA) is 9.03 Å². The van der Waals surface area contributed by atoms with E-state index in [4.69, 9.17) is 20.2 Å². The Kier molecular flexibility index (Phi) is 10.1. The molecule has 2 aromatic rings. The third-order valence-corrected chi connectivity index (χ3v) is 6.06. The number of para-hydroxylation sites is 2. The molecular weight excluding hydrogens is 505 g/mol. The van der Waals surface area contributed by atoms with E-state index in [9.17, 15) is 0 Å². The molecule has 0 aromatic heterocycles. The van der Waals surface area contributed by atoms with E-state index in [0.29, 0.717) is 0 Å². The summed E-state index contributed by atoms with van der Waals surface area (Å²) < 4.78 is 5.99. The van der Waals surface area contributed by atoms with Gasteiger partial charge in [-0.15, -0.1) is 6.08 Å². The van der Waals surface area contributed by atoms with Crippen molar-refractivity contribution in [1.29, 1.82) is 0 Å². The van der Waals surface area contributed by atoms with Crippen molar-refractivity contribution in [1.82, 2.24) is 0 Å². The van der Waals surface area contributed by atoms with Gasteiger partial charge >= 0.3 is 33.3 Å². The van der Waals surface area contributed by atoms with Crippen molar-refractivity contribution in [2.45, 2.75) is 41.5 Å². The predicted molar refractivity (Wildman–Crippen MR) is 143 cm³/mol. The van der Waals surface area contributed by atoms with E-state index in [1.807, 2.05) is 13.7 Å². The molecule has 0 amide bonds. The molecule has 182 valence electrons. The fraction of sp³-hybridized carbons (Fsp3) is 0.214. The third-order valence-electron chi connectivity index (χ3n) is 6.06. The number of benzene rings is 2. The molecule has 0 spiro atoms. The Morgan fingerprint density at radius 3 is 1.71 bits per heavy atom. The summed E-state index contributed by atoms with van der Waals surface area (Å²) in [7, 11) is 9.53. The number of aryl methyl sites for hydroxylation is 4. The molecule has 0 unspecified atom stereocenters. The van der Waals surface area contributed by atoms with E-state index in [2.05, 4.69) is 116 Å². The Labute approximate surface area is 220 Å². The second-order valence-electron chi connectivity index (χ2n) is 8.28. The van der Waals surface area contributed by atoms with Crippen LogP contribution in [0.4, 0.5) is 11.4 Å². The molecule has 0 saturated carbocycles. The molecule has 34 heavy (non-hydrogen) atoms. The van der Waals surface area contributed by atoms with Crippen molar-refractivity contribution in [3.8, 4) is 0 Å². The molecule has 3 nitrogen and oxygen atoms in total. The molecule has 3 rings (SSSR count). The average Bonchev–Trinajstić information content (AvgIpc) is 2.78. The number of halogens is 2. The standard InChI is InChI=1S/C28H33N3.2ClH.Fe/c1-19-13-10-14-20(2)27(19)29(7)23(5)25-17-12-18-26(31(25)9)24(6)30(8)28-21(3)15-11-16-22(28)4;;;/h10-18H,7-9H2,1-6H3;2*1H;/q;;;+2/p-2. The first-order chi connectivity index (χ1) is 16.1. The van der Waals surface area contributed by atoms with Crippen LogP contribution < -0.4 is 0 Å². The molecule has 0 fully saturated rings. The third kappa shape index (κ3) is 6.00. The van der Waals surface area contributed by atoms with Crippen molar-refractivity contribution in [2.75, 3.05) is 0 Å². The van der Waals surface area contributed by atoms with Gasteiger partial charge < -0.3 is 9.15 Å². The predicted octanol–water partition coefficient (Wildman–Crippen LogP) is 7.49. The Balaban J connectivity index is 0.00000129. The van der Waals surface area contributed by atoms with Gasteiger partial charge in [0.15, 0.2) is 0 Å². The van der Waals surface area contributed by atoms with Gasteiger partial charge in [-0.3, -0.25) is 4.58 Å². The quantitative estimate of drug-likeness (QED) is 0.156. The number of hydrogen-bond donors (Lipinski definition) is 0. The second-order valence-corrected chi connectivity index (χ2v) is 10.1. The fourth-order valence-corrected chi connectivity index (χ4v) is 4.25. The molecule has 0 atom stereocenters. The average molecular weight is 538 g/mol. The molecule has 0 radical (unpaired) electrons. The van der Waals surface area contributed by atoms with Crippen molar-refractivity contribution >= 4 is 51.7 Å². The van der Waals surface area contributed by atoms with Crippen LogP contribution in [0.1, 0.15) is 36.1 Å². The van der Waals surface area contributed by atoms with E-state index in [1.54, 1.807) is 0 Å². The summed E-state index contributed by atoms with van der Waals surface area (Å²) in [6.45, 7) is 25.7. The zero-order chi connectivity index (χ0) is 25.6. The van der Waals surface area contributed by atoms with E-state index in [-0.39, 0.29) is 13.1 Å². The summed E-state index contributed by atoms with van der Waals surface area (Å²) in [5, 5.41) is 0. The molecule has 0 aliphatic carbocycles. The van der Waals surface area contributed by atoms with E-state index >= 15 is 0 Å². The summed E-state index contributed by atoms with van der Waals surface area (Å²) >= 11 is 0.194. The number of allylic oxidation sites excluding steroid dienone is 2. The van der Waals surface area contributed by atoms with Crippen LogP contribution in [0.2, 0.25) is 0 Å². The van der Waals surface area contributed by atoms with Gasteiger partial charge in [0.1, 0.15) is 35.2 Å². The zero-order valence-electron chi connectivity index (χ0n) is 20.8. The number of hydrogen-bond acceptors (Lipinski definition) is 0. The van der Waals surface area contributed by atoms with Crippen LogP contribution >= 0.6 is 20.2 Å². The Hall–Kier alpha value is -2.36. The monoisotopic (exact) mass is 537 g/mol. The maximum atomic E-state index is 4.76. The molecular formula is C28H33Cl2FeN3. The van der Waals surface area contributed by atoms with Crippen molar-refractivity contribution < 1.29 is 26.9 Å². The number of nitrogens with zero attached hydrogens (tertiary/aromatic N) is 3. The van der Waals surface area contributed by atoms with Gasteiger partial charge in [0.05, 0.1) is 13.4 Å². The zero-order valence-corrected chi connectivity index (χ0v) is 23.4. The Morgan fingerprint density at radius 2 is 1.26 bits per heavy atom. The SMILES string of the molecule is C=[N+]1C([C-](C)[N+](=C)c2c(C)cccc2C)=CC=C[C-]1[C-](C)[N+](=C)c1c(C)cccc1C.[Cl][Fe][Cl].